The van der Waals surface area contributed by atoms with Crippen LogP contribution in [0.5, 0.6) is 0 Å². The highest BCUT2D eigenvalue weighted by molar-refractivity contribution is 6.00. The van der Waals surface area contributed by atoms with Crippen LogP contribution in [-0.4, -0.2) is 42.6 Å². The zero-order chi connectivity index (χ0) is 14.9. The first-order valence-electron chi connectivity index (χ1n) is 5.88. The molecule has 0 saturated heterocycles. The van der Waals surface area contributed by atoms with Crippen LogP contribution < -0.4 is 5.32 Å². The molecule has 0 saturated carbocycles. The molecule has 2 rings (SSSR count). The second kappa shape index (κ2) is 5.11. The number of hydrogen-bond acceptors (Lipinski definition) is 5. The van der Waals surface area contributed by atoms with Gasteiger partial charge in [-0.15, -0.1) is 10.2 Å². The number of rotatable bonds is 4. The zero-order valence-corrected chi connectivity index (χ0v) is 11.2. The molecule has 2 aromatic heterocycles. The lowest BCUT2D eigenvalue weighted by Gasteiger charge is -2.10. The Kier molecular flexibility index (Phi) is 3.51. The van der Waals surface area contributed by atoms with Crippen molar-refractivity contribution in [2.24, 2.45) is 0 Å². The van der Waals surface area contributed by atoms with E-state index in [1.54, 1.807) is 20.8 Å². The third kappa shape index (κ3) is 2.37. The van der Waals surface area contributed by atoms with Crippen LogP contribution in [0.25, 0.3) is 0 Å². The summed E-state index contributed by atoms with van der Waals surface area (Å²) in [5, 5.41) is 25.0. The minimum atomic E-state index is -1.10. The van der Waals surface area contributed by atoms with Crippen LogP contribution >= 0.6 is 0 Å². The van der Waals surface area contributed by atoms with Crippen molar-refractivity contribution in [1.29, 1.82) is 0 Å². The molecule has 20 heavy (non-hydrogen) atoms. The lowest BCUT2D eigenvalue weighted by Crippen LogP contribution is -2.28. The number of carbonyl (C=O) groups excluding carboxylic acids is 1. The van der Waals surface area contributed by atoms with Gasteiger partial charge in [0.25, 0.3) is 5.91 Å². The quantitative estimate of drug-likeness (QED) is 0.636. The number of carbonyl (C=O) groups is 2. The molecule has 0 radical (unpaired) electrons. The van der Waals surface area contributed by atoms with Crippen molar-refractivity contribution < 1.29 is 14.7 Å². The number of hydrogen-bond donors (Lipinski definition) is 4. The smallest absolute Gasteiger partial charge is 0.352 e. The molecule has 106 valence electrons. The predicted molar refractivity (Wildman–Crippen MR) is 67.3 cm³/mol. The fraction of sp³-hybridized carbons (Fsp3) is 0.364. The number of aromatic nitrogens is 5. The molecule has 2 heterocycles. The van der Waals surface area contributed by atoms with Crippen molar-refractivity contribution >= 4 is 11.9 Å². The molecule has 0 aliphatic rings. The lowest BCUT2D eigenvalue weighted by molar-refractivity contribution is 0.0690. The number of aromatic carboxylic acids is 1. The Bertz CT molecular complexity index is 645. The average molecular weight is 278 g/mol. The summed E-state index contributed by atoms with van der Waals surface area (Å²) in [6.07, 6.45) is 0. The van der Waals surface area contributed by atoms with Gasteiger partial charge >= 0.3 is 5.97 Å². The average Bonchev–Trinajstić information content (AvgIpc) is 2.97. The van der Waals surface area contributed by atoms with Crippen LogP contribution in [0.3, 0.4) is 0 Å². The zero-order valence-electron chi connectivity index (χ0n) is 11.2. The van der Waals surface area contributed by atoms with Gasteiger partial charge in [0.05, 0.1) is 11.6 Å². The first-order chi connectivity index (χ1) is 9.41. The monoisotopic (exact) mass is 278 g/mol. The largest absolute Gasteiger partial charge is 0.477 e. The fourth-order valence-electron chi connectivity index (χ4n) is 1.99. The van der Waals surface area contributed by atoms with Gasteiger partial charge in [0.15, 0.2) is 5.82 Å². The molecule has 9 heteroatoms. The summed E-state index contributed by atoms with van der Waals surface area (Å²) in [6, 6.07) is -0.441. The SMILES string of the molecule is Cc1[nH]c(C(=O)O)c(C)c1C(=O)NC(C)c1nn[nH]n1. The molecular weight excluding hydrogens is 264 g/mol. The van der Waals surface area contributed by atoms with Gasteiger partial charge in [-0.1, -0.05) is 5.21 Å². The molecule has 0 aliphatic heterocycles. The van der Waals surface area contributed by atoms with Gasteiger partial charge in [0.2, 0.25) is 0 Å². The Hall–Kier alpha value is -2.71. The van der Waals surface area contributed by atoms with E-state index >= 15 is 0 Å². The Labute approximate surface area is 113 Å². The van der Waals surface area contributed by atoms with Gasteiger partial charge in [0.1, 0.15) is 5.69 Å². The van der Waals surface area contributed by atoms with E-state index < -0.39 is 12.0 Å². The maximum absolute atomic E-state index is 12.2. The van der Waals surface area contributed by atoms with E-state index in [-0.39, 0.29) is 11.6 Å². The third-order valence-electron chi connectivity index (χ3n) is 2.98. The topological polar surface area (TPSA) is 137 Å². The number of carboxylic acids is 1. The summed E-state index contributed by atoms with van der Waals surface area (Å²) in [5.41, 5.74) is 1.23. The van der Waals surface area contributed by atoms with Crippen LogP contribution in [0.1, 0.15) is 50.9 Å². The van der Waals surface area contributed by atoms with Gasteiger partial charge < -0.3 is 15.4 Å². The van der Waals surface area contributed by atoms with E-state index in [1.165, 1.54) is 0 Å². The second-order valence-corrected chi connectivity index (χ2v) is 4.40. The lowest BCUT2D eigenvalue weighted by atomic mass is 10.1. The van der Waals surface area contributed by atoms with E-state index in [4.69, 9.17) is 5.11 Å². The highest BCUT2D eigenvalue weighted by Crippen LogP contribution is 2.19. The molecule has 1 amide bonds. The van der Waals surface area contributed by atoms with E-state index in [0.717, 1.165) is 0 Å². The molecule has 0 spiro atoms. The number of nitrogens with zero attached hydrogens (tertiary/aromatic N) is 3. The van der Waals surface area contributed by atoms with Crippen molar-refractivity contribution in [1.82, 2.24) is 30.9 Å². The first-order valence-corrected chi connectivity index (χ1v) is 5.88. The van der Waals surface area contributed by atoms with Gasteiger partial charge in [-0.2, -0.15) is 5.21 Å². The summed E-state index contributed by atoms with van der Waals surface area (Å²) < 4.78 is 0. The molecular formula is C11H14N6O3. The molecule has 0 bridgehead atoms. The van der Waals surface area contributed by atoms with Crippen LogP contribution in [0.2, 0.25) is 0 Å². The number of tetrazole rings is 1. The molecule has 0 fully saturated rings. The van der Waals surface area contributed by atoms with Gasteiger partial charge in [-0.25, -0.2) is 4.79 Å². The van der Waals surface area contributed by atoms with Gasteiger partial charge in [-0.05, 0) is 26.3 Å². The van der Waals surface area contributed by atoms with Crippen molar-refractivity contribution in [2.45, 2.75) is 26.8 Å². The minimum Gasteiger partial charge on any atom is -0.477 e. The number of amides is 1. The minimum absolute atomic E-state index is 0.0138. The summed E-state index contributed by atoms with van der Waals surface area (Å²) in [6.45, 7) is 4.94. The Morgan fingerprint density at radius 3 is 2.55 bits per heavy atom. The number of nitrogens with one attached hydrogen (secondary N) is 3. The fourth-order valence-corrected chi connectivity index (χ4v) is 1.99. The summed E-state index contributed by atoms with van der Waals surface area (Å²) in [7, 11) is 0. The number of aryl methyl sites for hydroxylation is 1. The van der Waals surface area contributed by atoms with E-state index in [0.29, 0.717) is 22.6 Å². The van der Waals surface area contributed by atoms with Crippen molar-refractivity contribution in [3.05, 3.63) is 28.3 Å². The van der Waals surface area contributed by atoms with Gasteiger partial charge in [-0.3, -0.25) is 4.79 Å². The number of aromatic amines is 2. The summed E-state index contributed by atoms with van der Waals surface area (Å²) in [5.74, 6) is -1.14. The van der Waals surface area contributed by atoms with Crippen molar-refractivity contribution in [3.8, 4) is 0 Å². The summed E-state index contributed by atoms with van der Waals surface area (Å²) >= 11 is 0. The molecule has 2 aromatic rings. The number of carboxylic acid groups (broad SMARTS) is 1. The van der Waals surface area contributed by atoms with Crippen LogP contribution in [0.4, 0.5) is 0 Å². The third-order valence-corrected chi connectivity index (χ3v) is 2.98. The second-order valence-electron chi connectivity index (χ2n) is 4.40. The Morgan fingerprint density at radius 2 is 2.05 bits per heavy atom. The highest BCUT2D eigenvalue weighted by Gasteiger charge is 2.23. The Morgan fingerprint density at radius 1 is 1.35 bits per heavy atom. The molecule has 0 aliphatic carbocycles. The molecule has 9 nitrogen and oxygen atoms in total. The highest BCUT2D eigenvalue weighted by atomic mass is 16.4. The molecule has 0 aromatic carbocycles. The maximum atomic E-state index is 12.2. The number of H-pyrrole nitrogens is 2. The van der Waals surface area contributed by atoms with Crippen LogP contribution in [-0.2, 0) is 0 Å². The first kappa shape index (κ1) is 13.7. The van der Waals surface area contributed by atoms with Crippen LogP contribution in [0.15, 0.2) is 0 Å². The maximum Gasteiger partial charge on any atom is 0.352 e. The Balaban J connectivity index is 2.24. The standard InChI is InChI=1S/C11H14N6O3/c1-4-7(5(2)12-8(4)11(19)20)10(18)13-6(3)9-14-16-17-15-9/h6,12H,1-3H3,(H,13,18)(H,19,20)(H,14,15,16,17). The molecule has 1 unspecified atom stereocenters. The molecule has 4 N–H and O–H groups in total. The van der Waals surface area contributed by atoms with Crippen molar-refractivity contribution in [2.75, 3.05) is 0 Å². The summed E-state index contributed by atoms with van der Waals surface area (Å²) in [4.78, 5) is 25.9. The van der Waals surface area contributed by atoms with Gasteiger partial charge in [0, 0.05) is 5.69 Å². The van der Waals surface area contributed by atoms with Crippen molar-refractivity contribution in [3.63, 3.8) is 0 Å². The molecule has 1 atom stereocenters. The van der Waals surface area contributed by atoms with E-state index in [1.807, 2.05) is 0 Å². The normalized spacial score (nSPS) is 12.2. The van der Waals surface area contributed by atoms with E-state index in [2.05, 4.69) is 30.9 Å². The van der Waals surface area contributed by atoms with E-state index in [9.17, 15) is 9.59 Å². The van der Waals surface area contributed by atoms with Crippen LogP contribution in [0, 0.1) is 13.8 Å². The predicted octanol–water partition coefficient (Wildman–Crippen LogP) is 0.334.